The Balaban J connectivity index is 0.000000183. The molecule has 80 valence electrons. The van der Waals surface area contributed by atoms with E-state index in [0.29, 0.717) is 0 Å². The first kappa shape index (κ1) is 12.2. The lowest BCUT2D eigenvalue weighted by Gasteiger charge is -1.76. The molecular formula is C7H13N3O4. The fourth-order valence-electron chi connectivity index (χ4n) is 0.527. The molecule has 7 nitrogen and oxygen atoms in total. The number of amides is 1. The van der Waals surface area contributed by atoms with Gasteiger partial charge in [-0.3, -0.25) is 9.98 Å². The summed E-state index contributed by atoms with van der Waals surface area (Å²) in [5, 5.41) is 7.19. The number of nitrogens with two attached hydrogens (primary N) is 1. The van der Waals surface area contributed by atoms with E-state index < -0.39 is 6.09 Å². The smallest absolute Gasteiger partial charge is 0.402 e. The molecule has 2 rings (SSSR count). The van der Waals surface area contributed by atoms with Gasteiger partial charge in [0.25, 0.3) is 0 Å². The first-order valence-corrected chi connectivity index (χ1v) is 3.91. The SMILES string of the molecule is C1=NCCO1.C1=NCCO1.NC(=O)O. The summed E-state index contributed by atoms with van der Waals surface area (Å²) in [5.41, 5.74) is 4.03. The van der Waals surface area contributed by atoms with Gasteiger partial charge in [0.2, 0.25) is 0 Å². The van der Waals surface area contributed by atoms with Crippen LogP contribution in [0.2, 0.25) is 0 Å². The molecule has 0 bridgehead atoms. The van der Waals surface area contributed by atoms with Crippen molar-refractivity contribution in [2.24, 2.45) is 15.7 Å². The summed E-state index contributed by atoms with van der Waals surface area (Å²) in [4.78, 5) is 16.2. The lowest BCUT2D eigenvalue weighted by molar-refractivity contribution is 0.205. The number of carboxylic acid groups (broad SMARTS) is 1. The standard InChI is InChI=1S/2C3H5NO.CH3NO2/c2*1-2-5-3-4-1;2-1(3)4/h2*3H,1-2H2;2H2,(H,3,4). The Morgan fingerprint density at radius 2 is 1.57 bits per heavy atom. The molecule has 0 spiro atoms. The van der Waals surface area contributed by atoms with Crippen molar-refractivity contribution in [3.8, 4) is 0 Å². The summed E-state index contributed by atoms with van der Waals surface area (Å²) in [7, 11) is 0. The molecule has 0 aromatic carbocycles. The van der Waals surface area contributed by atoms with Gasteiger partial charge in [-0.25, -0.2) is 4.79 Å². The Morgan fingerprint density at radius 1 is 1.21 bits per heavy atom. The predicted molar refractivity (Wildman–Crippen MR) is 50.8 cm³/mol. The monoisotopic (exact) mass is 203 g/mol. The molecule has 2 aliphatic heterocycles. The molecule has 3 N–H and O–H groups in total. The predicted octanol–water partition coefficient (Wildman–Crippen LogP) is -0.287. The topological polar surface area (TPSA) is 107 Å². The number of rotatable bonds is 0. The van der Waals surface area contributed by atoms with Crippen molar-refractivity contribution >= 4 is 18.9 Å². The van der Waals surface area contributed by atoms with Crippen LogP contribution in [0.5, 0.6) is 0 Å². The van der Waals surface area contributed by atoms with E-state index in [0.717, 1.165) is 26.3 Å². The van der Waals surface area contributed by atoms with Gasteiger partial charge in [-0.1, -0.05) is 0 Å². The van der Waals surface area contributed by atoms with Crippen molar-refractivity contribution in [2.45, 2.75) is 0 Å². The zero-order chi connectivity index (χ0) is 10.6. The minimum absolute atomic E-state index is 0.778. The number of ether oxygens (including phenoxy) is 2. The van der Waals surface area contributed by atoms with E-state index in [1.807, 2.05) is 0 Å². The number of aliphatic imine (C=N–C) groups is 2. The lowest BCUT2D eigenvalue weighted by atomic mass is 10.8. The molecule has 0 aliphatic carbocycles. The number of nitrogens with zero attached hydrogens (tertiary/aromatic N) is 2. The number of hydrogen-bond donors (Lipinski definition) is 2. The highest BCUT2D eigenvalue weighted by Crippen LogP contribution is 1.79. The highest BCUT2D eigenvalue weighted by atomic mass is 16.5. The van der Waals surface area contributed by atoms with Crippen LogP contribution in [0.3, 0.4) is 0 Å². The number of carbonyl (C=O) groups is 1. The van der Waals surface area contributed by atoms with E-state index in [-0.39, 0.29) is 0 Å². The summed E-state index contributed by atoms with van der Waals surface area (Å²) >= 11 is 0. The average molecular weight is 203 g/mol. The largest absolute Gasteiger partial charge is 0.482 e. The molecule has 0 saturated heterocycles. The zero-order valence-corrected chi connectivity index (χ0v) is 7.63. The summed E-state index contributed by atoms with van der Waals surface area (Å²) in [6.07, 6.45) is 1.64. The maximum absolute atomic E-state index is 8.78. The third-order valence-corrected chi connectivity index (χ3v) is 0.975. The minimum atomic E-state index is -1.33. The fraction of sp³-hybridized carbons (Fsp3) is 0.571. The van der Waals surface area contributed by atoms with E-state index in [9.17, 15) is 0 Å². The van der Waals surface area contributed by atoms with Gasteiger partial charge in [-0.05, 0) is 0 Å². The van der Waals surface area contributed by atoms with E-state index in [4.69, 9.17) is 9.90 Å². The van der Waals surface area contributed by atoms with Crippen LogP contribution in [0.25, 0.3) is 0 Å². The van der Waals surface area contributed by atoms with Crippen LogP contribution in [0, 0.1) is 0 Å². The molecule has 0 aromatic rings. The molecule has 0 aromatic heterocycles. The van der Waals surface area contributed by atoms with Crippen molar-refractivity contribution in [1.82, 2.24) is 0 Å². The Bertz CT molecular complexity index is 173. The van der Waals surface area contributed by atoms with Gasteiger partial charge < -0.3 is 20.3 Å². The second kappa shape index (κ2) is 9.30. The normalized spacial score (nSPS) is 15.4. The molecule has 2 aliphatic rings. The first-order chi connectivity index (χ1) is 6.73. The van der Waals surface area contributed by atoms with Gasteiger partial charge in [0.05, 0.1) is 13.1 Å². The first-order valence-electron chi connectivity index (χ1n) is 3.91. The summed E-state index contributed by atoms with van der Waals surface area (Å²) in [5.74, 6) is 0. The van der Waals surface area contributed by atoms with Gasteiger partial charge in [-0.15, -0.1) is 0 Å². The van der Waals surface area contributed by atoms with Gasteiger partial charge >= 0.3 is 6.09 Å². The van der Waals surface area contributed by atoms with E-state index in [1.165, 1.54) is 12.8 Å². The van der Waals surface area contributed by atoms with Crippen molar-refractivity contribution in [2.75, 3.05) is 26.3 Å². The molecule has 7 heteroatoms. The molecule has 2 heterocycles. The van der Waals surface area contributed by atoms with Crippen LogP contribution in [0.4, 0.5) is 4.79 Å². The van der Waals surface area contributed by atoms with Gasteiger partial charge in [0.15, 0.2) is 12.8 Å². The third-order valence-electron chi connectivity index (χ3n) is 0.975. The second-order valence-corrected chi connectivity index (χ2v) is 2.10. The molecule has 0 atom stereocenters. The Morgan fingerprint density at radius 3 is 1.64 bits per heavy atom. The zero-order valence-electron chi connectivity index (χ0n) is 7.63. The van der Waals surface area contributed by atoms with Crippen molar-refractivity contribution in [3.05, 3.63) is 0 Å². The Hall–Kier alpha value is -1.79. The number of primary amides is 1. The highest BCUT2D eigenvalue weighted by molar-refractivity contribution is 5.61. The summed E-state index contributed by atoms with van der Waals surface area (Å²) in [6.45, 7) is 3.25. The van der Waals surface area contributed by atoms with Gasteiger partial charge in [0.1, 0.15) is 13.2 Å². The van der Waals surface area contributed by atoms with Crippen LogP contribution in [0.1, 0.15) is 0 Å². The number of hydrogen-bond acceptors (Lipinski definition) is 5. The van der Waals surface area contributed by atoms with Crippen LogP contribution in [-0.4, -0.2) is 50.3 Å². The third kappa shape index (κ3) is 12.8. The van der Waals surface area contributed by atoms with Crippen molar-refractivity contribution in [1.29, 1.82) is 0 Å². The summed E-state index contributed by atoms with van der Waals surface area (Å²) < 4.78 is 9.31. The molecule has 0 saturated carbocycles. The second-order valence-electron chi connectivity index (χ2n) is 2.10. The van der Waals surface area contributed by atoms with Gasteiger partial charge in [0, 0.05) is 0 Å². The highest BCUT2D eigenvalue weighted by Gasteiger charge is 1.85. The van der Waals surface area contributed by atoms with Crippen LogP contribution >= 0.6 is 0 Å². The fourth-order valence-corrected chi connectivity index (χ4v) is 0.527. The molecular weight excluding hydrogens is 190 g/mol. The quantitative estimate of drug-likeness (QED) is 0.564. The van der Waals surface area contributed by atoms with Crippen LogP contribution in [0.15, 0.2) is 9.98 Å². The van der Waals surface area contributed by atoms with Crippen molar-refractivity contribution in [3.63, 3.8) is 0 Å². The minimum Gasteiger partial charge on any atom is -0.482 e. The van der Waals surface area contributed by atoms with E-state index >= 15 is 0 Å². The molecule has 0 fully saturated rings. The van der Waals surface area contributed by atoms with Crippen LogP contribution < -0.4 is 5.73 Å². The average Bonchev–Trinajstić information content (AvgIpc) is 2.83. The van der Waals surface area contributed by atoms with E-state index in [2.05, 4.69) is 25.2 Å². The molecule has 0 radical (unpaired) electrons. The van der Waals surface area contributed by atoms with Crippen molar-refractivity contribution < 1.29 is 19.4 Å². The maximum Gasteiger partial charge on any atom is 0.402 e. The maximum atomic E-state index is 8.78. The molecule has 1 amide bonds. The molecule has 0 unspecified atom stereocenters. The van der Waals surface area contributed by atoms with Crippen LogP contribution in [-0.2, 0) is 9.47 Å². The molecule has 14 heavy (non-hydrogen) atoms. The Labute approximate surface area is 81.2 Å². The Kier molecular flexibility index (Phi) is 8.11. The lowest BCUT2D eigenvalue weighted by Crippen LogP contribution is -2.03. The van der Waals surface area contributed by atoms with E-state index in [1.54, 1.807) is 0 Å². The summed E-state index contributed by atoms with van der Waals surface area (Å²) in [6, 6.07) is 0. The van der Waals surface area contributed by atoms with Gasteiger partial charge in [-0.2, -0.15) is 0 Å².